The van der Waals surface area contributed by atoms with Crippen LogP contribution in [-0.4, -0.2) is 30.9 Å². The summed E-state index contributed by atoms with van der Waals surface area (Å²) in [5.74, 6) is 0.936. The zero-order valence-corrected chi connectivity index (χ0v) is 16.6. The van der Waals surface area contributed by atoms with E-state index in [2.05, 4.69) is 10.6 Å². The van der Waals surface area contributed by atoms with E-state index in [4.69, 9.17) is 9.47 Å². The first-order chi connectivity index (χ1) is 12.8. The van der Waals surface area contributed by atoms with E-state index >= 15 is 0 Å². The lowest BCUT2D eigenvalue weighted by molar-refractivity contribution is 0.0513. The number of nitrogens with one attached hydrogen (secondary N) is 2. The van der Waals surface area contributed by atoms with Crippen molar-refractivity contribution in [2.24, 2.45) is 11.8 Å². The van der Waals surface area contributed by atoms with Crippen LogP contribution >= 0.6 is 0 Å². The SMILES string of the molecule is CC(C)(C)OC(=O)NCC1CCC(CNC(=O)OCc2ccccc2)CC1. The monoisotopic (exact) mass is 376 g/mol. The molecular formula is C21H32N2O4. The van der Waals surface area contributed by atoms with Crippen molar-refractivity contribution in [3.8, 4) is 0 Å². The van der Waals surface area contributed by atoms with Crippen molar-refractivity contribution < 1.29 is 19.1 Å². The molecule has 1 aromatic rings. The molecule has 0 aliphatic heterocycles. The lowest BCUT2D eigenvalue weighted by atomic mass is 9.82. The van der Waals surface area contributed by atoms with E-state index in [0.29, 0.717) is 24.9 Å². The fourth-order valence-corrected chi connectivity index (χ4v) is 3.18. The van der Waals surface area contributed by atoms with E-state index in [1.807, 2.05) is 51.1 Å². The summed E-state index contributed by atoms with van der Waals surface area (Å²) in [6.45, 7) is 7.14. The summed E-state index contributed by atoms with van der Waals surface area (Å²) in [4.78, 5) is 23.5. The van der Waals surface area contributed by atoms with Crippen LogP contribution in [0.15, 0.2) is 30.3 Å². The largest absolute Gasteiger partial charge is 0.445 e. The molecule has 0 aromatic heterocycles. The highest BCUT2D eigenvalue weighted by molar-refractivity contribution is 5.67. The maximum atomic E-state index is 11.8. The first-order valence-corrected chi connectivity index (χ1v) is 9.73. The van der Waals surface area contributed by atoms with Crippen LogP contribution in [-0.2, 0) is 16.1 Å². The predicted octanol–water partition coefficient (Wildman–Crippen LogP) is 4.24. The van der Waals surface area contributed by atoms with Crippen molar-refractivity contribution >= 4 is 12.2 Å². The summed E-state index contributed by atoms with van der Waals surface area (Å²) >= 11 is 0. The fourth-order valence-electron chi connectivity index (χ4n) is 3.18. The molecule has 0 spiro atoms. The van der Waals surface area contributed by atoms with Gasteiger partial charge in [-0.05, 0) is 63.9 Å². The van der Waals surface area contributed by atoms with Gasteiger partial charge in [-0.25, -0.2) is 9.59 Å². The lowest BCUT2D eigenvalue weighted by Crippen LogP contribution is -2.37. The van der Waals surface area contributed by atoms with Crippen LogP contribution in [0.1, 0.15) is 52.0 Å². The minimum Gasteiger partial charge on any atom is -0.445 e. The van der Waals surface area contributed by atoms with Crippen molar-refractivity contribution in [2.45, 2.75) is 58.7 Å². The molecule has 0 atom stereocenters. The standard InChI is InChI=1S/C21H32N2O4/c1-21(2,3)27-20(25)23-14-17-11-9-16(10-12-17)13-22-19(24)26-15-18-7-5-4-6-8-18/h4-8,16-17H,9-15H2,1-3H3,(H,22,24)(H,23,25). The van der Waals surface area contributed by atoms with Gasteiger partial charge in [-0.15, -0.1) is 0 Å². The first-order valence-electron chi connectivity index (χ1n) is 9.73. The van der Waals surface area contributed by atoms with Gasteiger partial charge in [-0.3, -0.25) is 0 Å². The molecule has 150 valence electrons. The Morgan fingerprint density at radius 3 is 1.96 bits per heavy atom. The molecule has 1 saturated carbocycles. The molecule has 0 bridgehead atoms. The van der Waals surface area contributed by atoms with E-state index < -0.39 is 5.60 Å². The molecule has 27 heavy (non-hydrogen) atoms. The van der Waals surface area contributed by atoms with Gasteiger partial charge in [0.15, 0.2) is 0 Å². The van der Waals surface area contributed by atoms with Crippen LogP contribution in [0.2, 0.25) is 0 Å². The Balaban J connectivity index is 1.56. The third-order valence-corrected chi connectivity index (χ3v) is 4.65. The molecule has 6 heteroatoms. The average Bonchev–Trinajstić information content (AvgIpc) is 2.63. The number of hydrogen-bond donors (Lipinski definition) is 2. The third-order valence-electron chi connectivity index (χ3n) is 4.65. The lowest BCUT2D eigenvalue weighted by Gasteiger charge is -2.29. The highest BCUT2D eigenvalue weighted by atomic mass is 16.6. The van der Waals surface area contributed by atoms with Crippen LogP contribution < -0.4 is 10.6 Å². The molecule has 1 fully saturated rings. The zero-order chi connectivity index (χ0) is 19.7. The smallest absolute Gasteiger partial charge is 0.407 e. The van der Waals surface area contributed by atoms with E-state index in [9.17, 15) is 9.59 Å². The van der Waals surface area contributed by atoms with E-state index in [1.165, 1.54) is 0 Å². The topological polar surface area (TPSA) is 76.7 Å². The average molecular weight is 376 g/mol. The minimum atomic E-state index is -0.470. The molecule has 1 aromatic carbocycles. The van der Waals surface area contributed by atoms with Gasteiger partial charge in [-0.1, -0.05) is 30.3 Å². The van der Waals surface area contributed by atoms with Crippen molar-refractivity contribution in [2.75, 3.05) is 13.1 Å². The predicted molar refractivity (Wildman–Crippen MR) is 104 cm³/mol. The van der Waals surface area contributed by atoms with Gasteiger partial charge in [0.1, 0.15) is 12.2 Å². The Morgan fingerprint density at radius 1 is 0.926 bits per heavy atom. The maximum absolute atomic E-state index is 11.8. The van der Waals surface area contributed by atoms with Crippen LogP contribution in [0, 0.1) is 11.8 Å². The van der Waals surface area contributed by atoms with Gasteiger partial charge in [0.05, 0.1) is 0 Å². The second-order valence-electron chi connectivity index (χ2n) is 8.21. The van der Waals surface area contributed by atoms with E-state index in [-0.39, 0.29) is 18.8 Å². The number of rotatable bonds is 6. The molecule has 0 unspecified atom stereocenters. The molecule has 0 radical (unpaired) electrons. The second kappa shape index (κ2) is 10.2. The Kier molecular flexibility index (Phi) is 7.95. The van der Waals surface area contributed by atoms with Gasteiger partial charge in [0.25, 0.3) is 0 Å². The first kappa shape index (κ1) is 21.1. The zero-order valence-electron chi connectivity index (χ0n) is 16.6. The van der Waals surface area contributed by atoms with Crippen molar-refractivity contribution in [3.05, 3.63) is 35.9 Å². The second-order valence-corrected chi connectivity index (χ2v) is 8.21. The third kappa shape index (κ3) is 8.80. The quantitative estimate of drug-likeness (QED) is 0.778. The Morgan fingerprint density at radius 2 is 1.44 bits per heavy atom. The number of benzene rings is 1. The van der Waals surface area contributed by atoms with E-state index in [1.54, 1.807) is 0 Å². The van der Waals surface area contributed by atoms with Gasteiger partial charge in [-0.2, -0.15) is 0 Å². The van der Waals surface area contributed by atoms with Crippen LogP contribution in [0.3, 0.4) is 0 Å². The van der Waals surface area contributed by atoms with Gasteiger partial charge < -0.3 is 20.1 Å². The molecule has 0 saturated heterocycles. The van der Waals surface area contributed by atoms with Crippen LogP contribution in [0.25, 0.3) is 0 Å². The van der Waals surface area contributed by atoms with Crippen molar-refractivity contribution in [1.29, 1.82) is 0 Å². The summed E-state index contributed by atoms with van der Waals surface area (Å²) < 4.78 is 10.5. The van der Waals surface area contributed by atoms with Crippen molar-refractivity contribution in [3.63, 3.8) is 0 Å². The molecule has 6 nitrogen and oxygen atoms in total. The Labute approximate surface area is 162 Å². The normalized spacial score (nSPS) is 19.8. The molecule has 1 aliphatic carbocycles. The minimum absolute atomic E-state index is 0.287. The van der Waals surface area contributed by atoms with Crippen LogP contribution in [0.5, 0.6) is 0 Å². The molecule has 2 rings (SSSR count). The number of hydrogen-bond acceptors (Lipinski definition) is 4. The van der Waals surface area contributed by atoms with Gasteiger partial charge in [0, 0.05) is 13.1 Å². The van der Waals surface area contributed by atoms with Crippen molar-refractivity contribution in [1.82, 2.24) is 10.6 Å². The maximum Gasteiger partial charge on any atom is 0.407 e. The summed E-state index contributed by atoms with van der Waals surface area (Å²) in [6, 6.07) is 9.64. The summed E-state index contributed by atoms with van der Waals surface area (Å²) in [5, 5.41) is 5.72. The summed E-state index contributed by atoms with van der Waals surface area (Å²) in [5.41, 5.74) is 0.508. The summed E-state index contributed by atoms with van der Waals surface area (Å²) in [6.07, 6.45) is 3.45. The molecule has 2 amide bonds. The van der Waals surface area contributed by atoms with Gasteiger partial charge in [0.2, 0.25) is 0 Å². The number of carbonyl (C=O) groups excluding carboxylic acids is 2. The number of alkyl carbamates (subject to hydrolysis) is 2. The highest BCUT2D eigenvalue weighted by Gasteiger charge is 2.23. The molecule has 0 heterocycles. The Hall–Kier alpha value is -2.24. The Bertz CT molecular complexity index is 590. The number of ether oxygens (including phenoxy) is 2. The highest BCUT2D eigenvalue weighted by Crippen LogP contribution is 2.28. The molecule has 2 N–H and O–H groups in total. The van der Waals surface area contributed by atoms with Gasteiger partial charge >= 0.3 is 12.2 Å². The fraction of sp³-hybridized carbons (Fsp3) is 0.619. The number of carbonyl (C=O) groups is 2. The summed E-state index contributed by atoms with van der Waals surface area (Å²) in [7, 11) is 0. The molecule has 1 aliphatic rings. The number of amides is 2. The molecular weight excluding hydrogens is 344 g/mol. The van der Waals surface area contributed by atoms with E-state index in [0.717, 1.165) is 31.2 Å². The van der Waals surface area contributed by atoms with Crippen LogP contribution in [0.4, 0.5) is 9.59 Å².